The maximum Gasteiger partial charge on any atom is 0.331 e. The number of aromatic nitrogens is 6. The number of hydrogen-bond acceptors (Lipinski definition) is 7. The van der Waals surface area contributed by atoms with Crippen LogP contribution >= 0.6 is 0 Å². The van der Waals surface area contributed by atoms with E-state index in [2.05, 4.69) is 25.5 Å². The summed E-state index contributed by atoms with van der Waals surface area (Å²) in [6.45, 7) is 8.85. The predicted molar refractivity (Wildman–Crippen MR) is 135 cm³/mol. The topological polar surface area (TPSA) is 117 Å². The Balaban J connectivity index is 1.39. The second kappa shape index (κ2) is 10.3. The first-order valence-electron chi connectivity index (χ1n) is 11.4. The lowest BCUT2D eigenvalue weighted by molar-refractivity contribution is -0.142. The number of ether oxygens (including phenoxy) is 1. The number of esters is 1. The van der Waals surface area contributed by atoms with E-state index in [9.17, 15) is 9.59 Å². The van der Waals surface area contributed by atoms with Crippen LogP contribution < -0.4 is 5.32 Å². The molecule has 0 fully saturated rings. The molecule has 1 aromatic carbocycles. The Kier molecular flexibility index (Phi) is 7.05. The van der Waals surface area contributed by atoms with Crippen LogP contribution in [-0.4, -0.2) is 48.0 Å². The van der Waals surface area contributed by atoms with Gasteiger partial charge in [0.1, 0.15) is 5.82 Å². The molecular weight excluding hydrogens is 458 g/mol. The van der Waals surface area contributed by atoms with Crippen LogP contribution in [0.5, 0.6) is 0 Å². The molecule has 1 N–H and O–H groups in total. The fourth-order valence-electron chi connectivity index (χ4n) is 3.77. The highest BCUT2D eigenvalue weighted by atomic mass is 16.5. The third-order valence-corrected chi connectivity index (χ3v) is 5.34. The fourth-order valence-corrected chi connectivity index (χ4v) is 3.77. The van der Waals surface area contributed by atoms with Gasteiger partial charge in [0.25, 0.3) is 11.9 Å². The number of carbonyl (C=O) groups is 2. The van der Waals surface area contributed by atoms with Crippen molar-refractivity contribution in [2.75, 3.05) is 11.9 Å². The summed E-state index contributed by atoms with van der Waals surface area (Å²) >= 11 is 0. The Hall–Kier alpha value is -4.60. The van der Waals surface area contributed by atoms with Gasteiger partial charge in [-0.3, -0.25) is 4.79 Å². The van der Waals surface area contributed by atoms with Crippen molar-refractivity contribution in [3.05, 3.63) is 82.6 Å². The first-order valence-corrected chi connectivity index (χ1v) is 11.4. The van der Waals surface area contributed by atoms with Gasteiger partial charge in [0.05, 0.1) is 17.1 Å². The fraction of sp³-hybridized carbons (Fsp3) is 0.231. The lowest BCUT2D eigenvalue weighted by atomic mass is 10.2. The van der Waals surface area contributed by atoms with Crippen LogP contribution in [0.3, 0.4) is 0 Å². The third-order valence-electron chi connectivity index (χ3n) is 5.34. The molecule has 4 aromatic rings. The third kappa shape index (κ3) is 5.54. The molecule has 3 heterocycles. The van der Waals surface area contributed by atoms with Gasteiger partial charge in [-0.15, -0.1) is 0 Å². The van der Waals surface area contributed by atoms with Gasteiger partial charge in [0.15, 0.2) is 6.61 Å². The predicted octanol–water partition coefficient (Wildman–Crippen LogP) is 3.59. The van der Waals surface area contributed by atoms with Crippen LogP contribution in [0.2, 0.25) is 0 Å². The maximum atomic E-state index is 12.5. The van der Waals surface area contributed by atoms with Gasteiger partial charge in [-0.05, 0) is 58.9 Å². The summed E-state index contributed by atoms with van der Waals surface area (Å²) in [7, 11) is 0. The summed E-state index contributed by atoms with van der Waals surface area (Å²) in [5.74, 6) is -0.420. The highest BCUT2D eigenvalue weighted by Crippen LogP contribution is 2.19. The van der Waals surface area contributed by atoms with Gasteiger partial charge in [-0.2, -0.15) is 14.9 Å². The summed E-state index contributed by atoms with van der Waals surface area (Å²) in [5, 5.41) is 11.6. The number of aryl methyl sites for hydroxylation is 4. The van der Waals surface area contributed by atoms with Crippen molar-refractivity contribution in [2.24, 2.45) is 0 Å². The average Bonchev–Trinajstić information content (AvgIpc) is 3.34. The molecule has 10 heteroatoms. The van der Waals surface area contributed by atoms with E-state index in [0.717, 1.165) is 34.0 Å². The summed E-state index contributed by atoms with van der Waals surface area (Å²) < 4.78 is 8.40. The van der Waals surface area contributed by atoms with Crippen molar-refractivity contribution in [3.63, 3.8) is 0 Å². The first kappa shape index (κ1) is 24.5. The quantitative estimate of drug-likeness (QED) is 0.314. The number of anilines is 1. The second-order valence-electron chi connectivity index (χ2n) is 8.35. The maximum absolute atomic E-state index is 12.5. The van der Waals surface area contributed by atoms with Crippen molar-refractivity contribution in [1.82, 2.24) is 29.5 Å². The number of rotatable bonds is 7. The summed E-state index contributed by atoms with van der Waals surface area (Å²) in [4.78, 5) is 33.5. The number of benzene rings is 1. The molecule has 10 nitrogen and oxygen atoms in total. The van der Waals surface area contributed by atoms with Crippen molar-refractivity contribution in [2.45, 2.75) is 34.6 Å². The number of nitrogens with zero attached hydrogens (tertiary/aromatic N) is 6. The van der Waals surface area contributed by atoms with Crippen molar-refractivity contribution < 1.29 is 14.3 Å². The van der Waals surface area contributed by atoms with E-state index < -0.39 is 18.5 Å². The Labute approximate surface area is 208 Å². The Morgan fingerprint density at radius 3 is 2.31 bits per heavy atom. The van der Waals surface area contributed by atoms with Crippen LogP contribution in [0.1, 0.15) is 34.0 Å². The van der Waals surface area contributed by atoms with Gasteiger partial charge in [-0.25, -0.2) is 19.4 Å². The molecule has 1 amide bonds. The summed E-state index contributed by atoms with van der Waals surface area (Å²) in [6.07, 6.45) is 2.94. The van der Waals surface area contributed by atoms with Crippen molar-refractivity contribution >= 4 is 23.8 Å². The largest absolute Gasteiger partial charge is 0.452 e. The van der Waals surface area contributed by atoms with E-state index >= 15 is 0 Å². The molecule has 0 atom stereocenters. The van der Waals surface area contributed by atoms with Gasteiger partial charge in [-0.1, -0.05) is 18.2 Å². The standard InChI is InChI=1S/C26H27N7O3/c1-16-13-17(2)28-26(27-16)33-23(14-18(3)30-33)29-24(34)15-36-25(35)12-11-22-19(4)31-32(20(22)5)21-9-7-6-8-10-21/h6-14H,15H2,1-5H3,(H,29,34)/b12-11+. The first-order chi connectivity index (χ1) is 17.2. The lowest BCUT2D eigenvalue weighted by Gasteiger charge is -2.09. The molecule has 36 heavy (non-hydrogen) atoms. The van der Waals surface area contributed by atoms with Crippen LogP contribution in [0.4, 0.5) is 5.82 Å². The Bertz CT molecular complexity index is 1430. The highest BCUT2D eigenvalue weighted by molar-refractivity contribution is 5.94. The van der Waals surface area contributed by atoms with E-state index in [1.807, 2.05) is 68.8 Å². The molecule has 0 spiro atoms. The van der Waals surface area contributed by atoms with Gasteiger partial charge >= 0.3 is 5.97 Å². The van der Waals surface area contributed by atoms with Crippen LogP contribution in [0.15, 0.2) is 48.5 Å². The van der Waals surface area contributed by atoms with E-state index in [-0.39, 0.29) is 0 Å². The lowest BCUT2D eigenvalue weighted by Crippen LogP contribution is -2.22. The van der Waals surface area contributed by atoms with Gasteiger partial charge < -0.3 is 10.1 Å². The zero-order valence-corrected chi connectivity index (χ0v) is 20.8. The van der Waals surface area contributed by atoms with E-state index in [0.29, 0.717) is 17.5 Å². The number of nitrogens with one attached hydrogen (secondary N) is 1. The van der Waals surface area contributed by atoms with E-state index in [1.165, 1.54) is 10.8 Å². The van der Waals surface area contributed by atoms with Crippen LogP contribution in [0, 0.1) is 34.6 Å². The minimum absolute atomic E-state index is 0.345. The normalized spacial score (nSPS) is 11.1. The zero-order chi connectivity index (χ0) is 25.8. The molecular formula is C26H27N7O3. The van der Waals surface area contributed by atoms with Gasteiger partial charge in [0, 0.05) is 34.8 Å². The monoisotopic (exact) mass is 485 g/mol. The van der Waals surface area contributed by atoms with Crippen LogP contribution in [0.25, 0.3) is 17.7 Å². The average molecular weight is 486 g/mol. The number of amides is 1. The molecule has 184 valence electrons. The molecule has 3 aromatic heterocycles. The molecule has 0 radical (unpaired) electrons. The van der Waals surface area contributed by atoms with E-state index in [1.54, 1.807) is 19.1 Å². The highest BCUT2D eigenvalue weighted by Gasteiger charge is 2.15. The van der Waals surface area contributed by atoms with Crippen molar-refractivity contribution in [1.29, 1.82) is 0 Å². The molecule has 0 saturated heterocycles. The molecule has 0 saturated carbocycles. The SMILES string of the molecule is Cc1cc(C)nc(-n2nc(C)cc2NC(=O)COC(=O)/C=C/c2c(C)nn(-c3ccccc3)c2C)n1. The van der Waals surface area contributed by atoms with Gasteiger partial charge in [0.2, 0.25) is 0 Å². The molecule has 0 unspecified atom stereocenters. The Morgan fingerprint density at radius 2 is 1.61 bits per heavy atom. The smallest absolute Gasteiger partial charge is 0.331 e. The molecule has 0 aliphatic carbocycles. The number of carbonyl (C=O) groups excluding carboxylic acids is 2. The minimum Gasteiger partial charge on any atom is -0.452 e. The summed E-state index contributed by atoms with van der Waals surface area (Å²) in [5.41, 5.74) is 5.64. The molecule has 0 aliphatic rings. The van der Waals surface area contributed by atoms with Crippen molar-refractivity contribution in [3.8, 4) is 11.6 Å². The minimum atomic E-state index is -0.640. The number of para-hydroxylation sites is 1. The Morgan fingerprint density at radius 1 is 0.917 bits per heavy atom. The second-order valence-corrected chi connectivity index (χ2v) is 8.35. The molecule has 4 rings (SSSR count). The zero-order valence-electron chi connectivity index (χ0n) is 20.8. The summed E-state index contributed by atoms with van der Waals surface area (Å²) in [6, 6.07) is 13.3. The number of hydrogen-bond donors (Lipinski definition) is 1. The molecule has 0 bridgehead atoms. The van der Waals surface area contributed by atoms with E-state index in [4.69, 9.17) is 4.74 Å². The van der Waals surface area contributed by atoms with Crippen LogP contribution in [-0.2, 0) is 14.3 Å². The molecule has 0 aliphatic heterocycles.